The van der Waals surface area contributed by atoms with E-state index in [0.717, 1.165) is 0 Å². The molecule has 0 unspecified atom stereocenters. The van der Waals surface area contributed by atoms with E-state index in [0.29, 0.717) is 0 Å². The van der Waals surface area contributed by atoms with Crippen molar-refractivity contribution in [2.24, 2.45) is 30.0 Å². The van der Waals surface area contributed by atoms with Crippen LogP contribution in [0.4, 0.5) is 0 Å². The predicted molar refractivity (Wildman–Crippen MR) is 85.4 cm³/mol. The van der Waals surface area contributed by atoms with Gasteiger partial charge in [-0.3, -0.25) is 34.7 Å². The molecule has 118 valence electrons. The number of nitrogens with zero attached hydrogens (tertiary/aromatic N) is 6. The summed E-state index contributed by atoms with van der Waals surface area (Å²) in [6.07, 6.45) is -0.863. The molecule has 0 saturated heterocycles. The molecule has 0 bridgehead atoms. The van der Waals surface area contributed by atoms with E-state index in [1.165, 1.54) is 0 Å². The third-order valence-corrected chi connectivity index (χ3v) is 3.18. The first-order chi connectivity index (χ1) is 10.2. The van der Waals surface area contributed by atoms with Gasteiger partial charge in [0.15, 0.2) is 0 Å². The van der Waals surface area contributed by atoms with Crippen LogP contribution in [0.25, 0.3) is 0 Å². The van der Waals surface area contributed by atoms with Crippen LogP contribution in [0.2, 0.25) is 0 Å². The molecule has 0 aromatic rings. The standard InChI is InChI=1S/C12H16N6O4/c1-13-10(14-2,7-8(19)20)12(17-5,18-6)11(15-3,16-4)9(21)22/h1-7H2,(H,19,20)(H,21,22). The predicted octanol–water partition coefficient (Wildman–Crippen LogP) is -0.162. The molecule has 0 heterocycles. The zero-order valence-corrected chi connectivity index (χ0v) is 11.8. The van der Waals surface area contributed by atoms with Crippen molar-refractivity contribution in [3.8, 4) is 0 Å². The maximum Gasteiger partial charge on any atom is 0.359 e. The van der Waals surface area contributed by atoms with Crippen molar-refractivity contribution < 1.29 is 19.8 Å². The Labute approximate surface area is 126 Å². The van der Waals surface area contributed by atoms with Crippen LogP contribution >= 0.6 is 0 Å². The Balaban J connectivity index is 6.98. The number of rotatable bonds is 11. The van der Waals surface area contributed by atoms with Crippen molar-refractivity contribution in [1.82, 2.24) is 0 Å². The van der Waals surface area contributed by atoms with Crippen LogP contribution in [0.3, 0.4) is 0 Å². The number of carbonyl (C=O) groups is 2. The minimum atomic E-state index is -2.58. The van der Waals surface area contributed by atoms with Crippen molar-refractivity contribution in [3.05, 3.63) is 0 Å². The average Bonchev–Trinajstić information content (AvgIpc) is 2.50. The highest BCUT2D eigenvalue weighted by Crippen LogP contribution is 2.46. The van der Waals surface area contributed by atoms with E-state index >= 15 is 0 Å². The fourth-order valence-corrected chi connectivity index (χ4v) is 2.07. The Hall–Kier alpha value is -3.04. The van der Waals surface area contributed by atoms with Gasteiger partial charge in [0.05, 0.1) is 6.42 Å². The highest BCUT2D eigenvalue weighted by atomic mass is 16.4. The third-order valence-electron chi connectivity index (χ3n) is 3.18. The maximum atomic E-state index is 11.7. The normalized spacial score (nSPS) is 11.8. The summed E-state index contributed by atoms with van der Waals surface area (Å²) in [5.74, 6) is -3.08. The molecule has 2 N–H and O–H groups in total. The summed E-state index contributed by atoms with van der Waals surface area (Å²) >= 11 is 0. The van der Waals surface area contributed by atoms with Crippen molar-refractivity contribution in [3.63, 3.8) is 0 Å². The molecule has 0 rings (SSSR count). The molecule has 0 amide bonds. The Bertz CT molecular complexity index is 532. The second kappa shape index (κ2) is 6.61. The zero-order valence-electron chi connectivity index (χ0n) is 11.8. The Morgan fingerprint density at radius 3 is 1.36 bits per heavy atom. The summed E-state index contributed by atoms with van der Waals surface area (Å²) in [6.45, 7) is 19.2. The molecule has 0 aromatic heterocycles. The second-order valence-electron chi connectivity index (χ2n) is 3.99. The van der Waals surface area contributed by atoms with Crippen molar-refractivity contribution in [2.45, 2.75) is 23.4 Å². The van der Waals surface area contributed by atoms with Crippen molar-refractivity contribution >= 4 is 52.2 Å². The molecule has 10 heteroatoms. The lowest BCUT2D eigenvalue weighted by Crippen LogP contribution is -2.66. The lowest BCUT2D eigenvalue weighted by Gasteiger charge is -2.44. The lowest BCUT2D eigenvalue weighted by molar-refractivity contribution is -0.149. The summed E-state index contributed by atoms with van der Waals surface area (Å²) < 4.78 is 0. The molecular weight excluding hydrogens is 292 g/mol. The SMILES string of the molecule is C=NC(CC(=O)O)(N=C)C(N=C)(N=C)C(N=C)(N=C)C(=O)O. The van der Waals surface area contributed by atoms with Gasteiger partial charge in [0.1, 0.15) is 0 Å². The topological polar surface area (TPSA) is 149 Å². The first-order valence-corrected chi connectivity index (χ1v) is 5.55. The third kappa shape index (κ3) is 2.24. The Kier molecular flexibility index (Phi) is 5.70. The van der Waals surface area contributed by atoms with Gasteiger partial charge in [-0.2, -0.15) is 0 Å². The number of carboxylic acid groups (broad SMARTS) is 2. The maximum absolute atomic E-state index is 11.7. The molecule has 0 aliphatic carbocycles. The molecule has 0 spiro atoms. The Morgan fingerprint density at radius 2 is 1.18 bits per heavy atom. The smallest absolute Gasteiger partial charge is 0.359 e. The van der Waals surface area contributed by atoms with E-state index < -0.39 is 35.3 Å². The second-order valence-corrected chi connectivity index (χ2v) is 3.99. The van der Waals surface area contributed by atoms with Gasteiger partial charge in [0.2, 0.25) is 5.66 Å². The minimum absolute atomic E-state index is 0.863. The van der Waals surface area contributed by atoms with Crippen LogP contribution < -0.4 is 0 Å². The van der Waals surface area contributed by atoms with E-state index in [9.17, 15) is 14.7 Å². The summed E-state index contributed by atoms with van der Waals surface area (Å²) in [5, 5.41) is 18.6. The summed E-state index contributed by atoms with van der Waals surface area (Å²) in [7, 11) is 0. The van der Waals surface area contributed by atoms with Crippen molar-refractivity contribution in [1.29, 1.82) is 0 Å². The first-order valence-electron chi connectivity index (χ1n) is 5.55. The van der Waals surface area contributed by atoms with Gasteiger partial charge in [-0.1, -0.05) is 0 Å². The van der Waals surface area contributed by atoms with Crippen LogP contribution in [0, 0.1) is 0 Å². The molecule has 0 aliphatic heterocycles. The average molecular weight is 308 g/mol. The Morgan fingerprint density at radius 1 is 0.773 bits per heavy atom. The van der Waals surface area contributed by atoms with Crippen LogP contribution in [0.5, 0.6) is 0 Å². The number of hydrogen-bond donors (Lipinski definition) is 2. The van der Waals surface area contributed by atoms with E-state index in [2.05, 4.69) is 70.3 Å². The largest absolute Gasteiger partial charge is 0.481 e. The lowest BCUT2D eigenvalue weighted by atomic mass is 9.80. The molecule has 10 nitrogen and oxygen atoms in total. The van der Waals surface area contributed by atoms with Gasteiger partial charge in [-0.15, -0.1) is 0 Å². The number of aliphatic carboxylic acids is 2. The number of aliphatic imine (C=N–C) groups is 6. The minimum Gasteiger partial charge on any atom is -0.481 e. The van der Waals surface area contributed by atoms with Crippen LogP contribution in [-0.4, -0.2) is 79.4 Å². The fourth-order valence-electron chi connectivity index (χ4n) is 2.07. The molecule has 0 fully saturated rings. The van der Waals surface area contributed by atoms with Crippen LogP contribution in [0.15, 0.2) is 30.0 Å². The summed E-state index contributed by atoms with van der Waals surface area (Å²) in [4.78, 5) is 44.0. The van der Waals surface area contributed by atoms with Crippen LogP contribution in [0.1, 0.15) is 6.42 Å². The first kappa shape index (κ1) is 19.0. The molecule has 0 aromatic carbocycles. The number of hydrogen-bond acceptors (Lipinski definition) is 8. The summed E-state index contributed by atoms with van der Waals surface area (Å²) in [6, 6.07) is 0. The molecule has 0 atom stereocenters. The zero-order chi connectivity index (χ0) is 17.6. The quantitative estimate of drug-likeness (QED) is 0.510. The molecule has 0 saturated carbocycles. The van der Waals surface area contributed by atoms with Gasteiger partial charge in [-0.25, -0.2) is 4.79 Å². The van der Waals surface area contributed by atoms with Gasteiger partial charge in [0.25, 0.3) is 11.3 Å². The van der Waals surface area contributed by atoms with E-state index in [1.54, 1.807) is 0 Å². The van der Waals surface area contributed by atoms with Crippen molar-refractivity contribution in [2.75, 3.05) is 0 Å². The van der Waals surface area contributed by atoms with Gasteiger partial charge in [0, 0.05) is 0 Å². The van der Waals surface area contributed by atoms with E-state index in [-0.39, 0.29) is 0 Å². The molecular formula is C12H16N6O4. The van der Waals surface area contributed by atoms with E-state index in [4.69, 9.17) is 5.11 Å². The van der Waals surface area contributed by atoms with Gasteiger partial charge < -0.3 is 10.2 Å². The monoisotopic (exact) mass is 308 g/mol. The van der Waals surface area contributed by atoms with Gasteiger partial charge >= 0.3 is 11.9 Å². The van der Waals surface area contributed by atoms with Gasteiger partial charge in [-0.05, 0) is 40.3 Å². The number of carboxylic acids is 2. The fraction of sp³-hybridized carbons (Fsp3) is 0.333. The van der Waals surface area contributed by atoms with Crippen LogP contribution in [-0.2, 0) is 9.59 Å². The summed E-state index contributed by atoms with van der Waals surface area (Å²) in [5.41, 5.74) is -7.17. The van der Waals surface area contributed by atoms with E-state index in [1.807, 2.05) is 0 Å². The highest BCUT2D eigenvalue weighted by molar-refractivity contribution is 5.84. The molecule has 22 heavy (non-hydrogen) atoms. The molecule has 0 radical (unpaired) electrons. The molecule has 0 aliphatic rings. The highest BCUT2D eigenvalue weighted by Gasteiger charge is 2.69.